The molecule has 0 atom stereocenters. The van der Waals surface area contributed by atoms with Gasteiger partial charge in [-0.2, -0.15) is 4.31 Å². The van der Waals surface area contributed by atoms with Gasteiger partial charge in [-0.25, -0.2) is 13.2 Å². The molecule has 0 aliphatic carbocycles. The first-order valence-electron chi connectivity index (χ1n) is 8.32. The molecule has 3 aromatic rings. The molecular weight excluding hydrogens is 388 g/mol. The number of fused-ring (bicyclic) bond motifs is 1. The number of para-hydroxylation sites is 1. The topological polar surface area (TPSA) is 87.9 Å². The minimum Gasteiger partial charge on any atom is -0.422 e. The number of piperazine rings is 1. The Morgan fingerprint density at radius 1 is 1.04 bits per heavy atom. The number of nitrogens with zero attached hydrogens (tertiary/aromatic N) is 2. The Morgan fingerprint density at radius 3 is 2.48 bits per heavy atom. The summed E-state index contributed by atoms with van der Waals surface area (Å²) in [5, 5.41) is 2.38. The van der Waals surface area contributed by atoms with E-state index in [-0.39, 0.29) is 36.0 Å². The van der Waals surface area contributed by atoms with Crippen molar-refractivity contribution < 1.29 is 17.6 Å². The molecule has 0 bridgehead atoms. The summed E-state index contributed by atoms with van der Waals surface area (Å²) in [5.41, 5.74) is -0.304. The van der Waals surface area contributed by atoms with Crippen LogP contribution in [0.2, 0.25) is 0 Å². The minimum absolute atomic E-state index is 0.0386. The van der Waals surface area contributed by atoms with Crippen LogP contribution >= 0.6 is 11.3 Å². The number of rotatable bonds is 3. The smallest absolute Gasteiger partial charge is 0.349 e. The molecular formula is C18H16N2O5S2. The first-order chi connectivity index (χ1) is 13.0. The van der Waals surface area contributed by atoms with E-state index < -0.39 is 21.6 Å². The molecule has 0 N–H and O–H groups in total. The predicted octanol–water partition coefficient (Wildman–Crippen LogP) is 2.00. The number of thiophene rings is 1. The fourth-order valence-corrected chi connectivity index (χ4v) is 5.62. The van der Waals surface area contributed by atoms with E-state index in [0.717, 1.165) is 0 Å². The fourth-order valence-electron chi connectivity index (χ4n) is 3.05. The van der Waals surface area contributed by atoms with E-state index in [2.05, 4.69) is 0 Å². The molecule has 0 radical (unpaired) electrons. The molecule has 1 saturated heterocycles. The first-order valence-corrected chi connectivity index (χ1v) is 10.6. The van der Waals surface area contributed by atoms with E-state index in [0.29, 0.717) is 11.0 Å². The Balaban J connectivity index is 1.52. The second-order valence-corrected chi connectivity index (χ2v) is 9.23. The lowest BCUT2D eigenvalue weighted by molar-refractivity contribution is 0.0694. The molecule has 140 valence electrons. The Morgan fingerprint density at radius 2 is 1.78 bits per heavy atom. The zero-order valence-corrected chi connectivity index (χ0v) is 15.8. The van der Waals surface area contributed by atoms with Gasteiger partial charge in [0.25, 0.3) is 15.9 Å². The van der Waals surface area contributed by atoms with Crippen molar-refractivity contribution in [1.29, 1.82) is 0 Å². The maximum absolute atomic E-state index is 12.7. The number of carbonyl (C=O) groups is 1. The van der Waals surface area contributed by atoms with Crippen LogP contribution in [0.5, 0.6) is 0 Å². The molecule has 9 heteroatoms. The van der Waals surface area contributed by atoms with Crippen molar-refractivity contribution in [3.63, 3.8) is 0 Å². The highest BCUT2D eigenvalue weighted by Gasteiger charge is 2.31. The van der Waals surface area contributed by atoms with Crippen molar-refractivity contribution in [1.82, 2.24) is 9.21 Å². The van der Waals surface area contributed by atoms with Gasteiger partial charge < -0.3 is 9.32 Å². The van der Waals surface area contributed by atoms with E-state index in [1.165, 1.54) is 26.6 Å². The van der Waals surface area contributed by atoms with Crippen LogP contribution in [0.25, 0.3) is 11.0 Å². The van der Waals surface area contributed by atoms with Crippen LogP contribution in [0, 0.1) is 0 Å². The summed E-state index contributed by atoms with van der Waals surface area (Å²) in [4.78, 5) is 26.4. The first kappa shape index (κ1) is 17.9. The highest BCUT2D eigenvalue weighted by atomic mass is 32.2. The van der Waals surface area contributed by atoms with Crippen molar-refractivity contribution >= 4 is 38.2 Å². The van der Waals surface area contributed by atoms with E-state index in [4.69, 9.17) is 4.42 Å². The lowest BCUT2D eigenvalue weighted by Gasteiger charge is -2.33. The van der Waals surface area contributed by atoms with E-state index in [1.807, 2.05) is 0 Å². The Hall–Kier alpha value is -2.49. The molecule has 0 saturated carbocycles. The maximum atomic E-state index is 12.7. The van der Waals surface area contributed by atoms with Gasteiger partial charge >= 0.3 is 5.63 Å². The molecule has 27 heavy (non-hydrogen) atoms. The predicted molar refractivity (Wildman–Crippen MR) is 101 cm³/mol. The number of hydrogen-bond acceptors (Lipinski definition) is 6. The molecule has 0 spiro atoms. The summed E-state index contributed by atoms with van der Waals surface area (Å²) in [7, 11) is -3.54. The molecule has 1 aliphatic heterocycles. The molecule has 7 nitrogen and oxygen atoms in total. The second kappa shape index (κ2) is 6.91. The zero-order valence-electron chi connectivity index (χ0n) is 14.2. The van der Waals surface area contributed by atoms with E-state index >= 15 is 0 Å². The minimum atomic E-state index is -3.54. The van der Waals surface area contributed by atoms with Gasteiger partial charge in [0.2, 0.25) is 0 Å². The van der Waals surface area contributed by atoms with Gasteiger partial charge in [-0.05, 0) is 23.6 Å². The average Bonchev–Trinajstić information content (AvgIpc) is 3.23. The SMILES string of the molecule is O=C(c1cc2ccccc2oc1=O)N1CCN(S(=O)(=O)c2cccs2)CC1. The van der Waals surface area contributed by atoms with Gasteiger partial charge in [0.15, 0.2) is 0 Å². The van der Waals surface area contributed by atoms with Crippen LogP contribution in [-0.2, 0) is 10.0 Å². The number of benzene rings is 1. The summed E-state index contributed by atoms with van der Waals surface area (Å²) in [6.45, 7) is 0.807. The van der Waals surface area contributed by atoms with Gasteiger partial charge in [0, 0.05) is 31.6 Å². The maximum Gasteiger partial charge on any atom is 0.349 e. The van der Waals surface area contributed by atoms with Gasteiger partial charge in [-0.1, -0.05) is 24.3 Å². The summed E-state index contributed by atoms with van der Waals surface area (Å²) >= 11 is 1.17. The summed E-state index contributed by atoms with van der Waals surface area (Å²) in [5.74, 6) is -0.442. The number of carbonyl (C=O) groups excluding carboxylic acids is 1. The van der Waals surface area contributed by atoms with Crippen LogP contribution in [0.3, 0.4) is 0 Å². The lowest BCUT2D eigenvalue weighted by atomic mass is 10.1. The highest BCUT2D eigenvalue weighted by molar-refractivity contribution is 7.91. The zero-order chi connectivity index (χ0) is 19.0. The Kier molecular flexibility index (Phi) is 4.58. The van der Waals surface area contributed by atoms with Gasteiger partial charge in [0.05, 0.1) is 0 Å². The molecule has 2 aromatic heterocycles. The molecule has 4 rings (SSSR count). The van der Waals surface area contributed by atoms with Crippen LogP contribution in [0.1, 0.15) is 10.4 Å². The fraction of sp³-hybridized carbons (Fsp3) is 0.222. The normalized spacial score (nSPS) is 15.9. The molecule has 1 aliphatic rings. The van der Waals surface area contributed by atoms with Crippen molar-refractivity contribution in [2.45, 2.75) is 4.21 Å². The third-order valence-corrected chi connectivity index (χ3v) is 7.76. The lowest BCUT2D eigenvalue weighted by Crippen LogP contribution is -2.51. The number of sulfonamides is 1. The largest absolute Gasteiger partial charge is 0.422 e. The van der Waals surface area contributed by atoms with Crippen LogP contribution in [0.4, 0.5) is 0 Å². The average molecular weight is 404 g/mol. The van der Waals surface area contributed by atoms with Crippen LogP contribution in [-0.4, -0.2) is 49.7 Å². The standard InChI is InChI=1S/C18H16N2O5S2/c21-17(14-12-13-4-1-2-5-15(13)25-18(14)22)19-7-9-20(10-8-19)27(23,24)16-6-3-11-26-16/h1-6,11-12H,7-10H2. The monoisotopic (exact) mass is 404 g/mol. The quantitative estimate of drug-likeness (QED) is 0.623. The van der Waals surface area contributed by atoms with Crippen molar-refractivity contribution in [3.8, 4) is 0 Å². The Labute approximate surface area is 159 Å². The van der Waals surface area contributed by atoms with Crippen molar-refractivity contribution in [3.05, 3.63) is 63.8 Å². The van der Waals surface area contributed by atoms with Crippen LogP contribution in [0.15, 0.2) is 61.3 Å². The molecule has 1 amide bonds. The summed E-state index contributed by atoms with van der Waals surface area (Å²) < 4.78 is 32.0. The van der Waals surface area contributed by atoms with Crippen molar-refractivity contribution in [2.75, 3.05) is 26.2 Å². The highest BCUT2D eigenvalue weighted by Crippen LogP contribution is 2.22. The van der Waals surface area contributed by atoms with Crippen LogP contribution < -0.4 is 5.63 Å². The number of hydrogen-bond donors (Lipinski definition) is 0. The van der Waals surface area contributed by atoms with E-state index in [1.54, 1.807) is 41.8 Å². The summed E-state index contributed by atoms with van der Waals surface area (Å²) in [6.07, 6.45) is 0. The van der Waals surface area contributed by atoms with E-state index in [9.17, 15) is 18.0 Å². The second-order valence-electron chi connectivity index (χ2n) is 6.11. The van der Waals surface area contributed by atoms with Crippen molar-refractivity contribution in [2.24, 2.45) is 0 Å². The molecule has 1 aromatic carbocycles. The number of amides is 1. The van der Waals surface area contributed by atoms with Gasteiger partial charge in [-0.3, -0.25) is 4.79 Å². The molecule has 0 unspecified atom stereocenters. The third kappa shape index (κ3) is 3.29. The summed E-state index contributed by atoms with van der Waals surface area (Å²) in [6, 6.07) is 11.8. The van der Waals surface area contributed by atoms with Gasteiger partial charge in [-0.15, -0.1) is 11.3 Å². The van der Waals surface area contributed by atoms with Gasteiger partial charge in [0.1, 0.15) is 15.4 Å². The molecule has 3 heterocycles. The molecule has 1 fully saturated rings. The Bertz CT molecular complexity index is 1140. The third-order valence-electron chi connectivity index (χ3n) is 4.49.